The normalized spacial score (nSPS) is 17.6. The molecule has 5 rings (SSSR count). The van der Waals surface area contributed by atoms with Crippen LogP contribution in [0, 0.1) is 13.8 Å². The summed E-state index contributed by atoms with van der Waals surface area (Å²) in [6.45, 7) is 4.08. The number of amides is 1. The summed E-state index contributed by atoms with van der Waals surface area (Å²) in [5.74, 6) is -0.185. The Morgan fingerprint density at radius 2 is 1.26 bits per heavy atom. The van der Waals surface area contributed by atoms with Crippen LogP contribution in [0.1, 0.15) is 31.8 Å². The molecule has 2 heterocycles. The van der Waals surface area contributed by atoms with Gasteiger partial charge in [0.15, 0.2) is 6.17 Å². The molecular weight excluding hydrogens is 336 g/mol. The standard InChI is InChI=1S/C23H18N2O2/c1-14-11-15(2)13-16(12-14)24-19-9-5-6-10-20(19)25-22(24)21(26)17-7-3-4-8-18(17)23(25)27/h3-13,22H,1-2H3. The van der Waals surface area contributed by atoms with Gasteiger partial charge in [-0.05, 0) is 55.3 Å². The van der Waals surface area contributed by atoms with Gasteiger partial charge in [0.25, 0.3) is 5.91 Å². The van der Waals surface area contributed by atoms with Gasteiger partial charge in [0, 0.05) is 11.3 Å². The molecule has 1 atom stereocenters. The molecule has 3 aromatic carbocycles. The van der Waals surface area contributed by atoms with Crippen LogP contribution in [0.2, 0.25) is 0 Å². The number of benzene rings is 3. The predicted octanol–water partition coefficient (Wildman–Crippen LogP) is 4.62. The van der Waals surface area contributed by atoms with Crippen LogP contribution in [0.3, 0.4) is 0 Å². The minimum atomic E-state index is -0.689. The Kier molecular flexibility index (Phi) is 3.25. The van der Waals surface area contributed by atoms with Gasteiger partial charge in [-0.1, -0.05) is 36.4 Å². The molecule has 0 aliphatic carbocycles. The van der Waals surface area contributed by atoms with Crippen LogP contribution >= 0.6 is 0 Å². The van der Waals surface area contributed by atoms with Gasteiger partial charge < -0.3 is 4.90 Å². The second-order valence-corrected chi connectivity index (χ2v) is 7.16. The lowest BCUT2D eigenvalue weighted by atomic mass is 9.95. The summed E-state index contributed by atoms with van der Waals surface area (Å²) < 4.78 is 0. The third-order valence-corrected chi connectivity index (χ3v) is 5.25. The molecule has 132 valence electrons. The van der Waals surface area contributed by atoms with Crippen LogP contribution in [0.5, 0.6) is 0 Å². The lowest BCUT2D eigenvalue weighted by Crippen LogP contribution is -2.53. The second-order valence-electron chi connectivity index (χ2n) is 7.16. The molecule has 0 fully saturated rings. The molecule has 1 unspecified atom stereocenters. The Labute approximate surface area is 157 Å². The van der Waals surface area contributed by atoms with Crippen LogP contribution < -0.4 is 9.80 Å². The topological polar surface area (TPSA) is 40.6 Å². The minimum Gasteiger partial charge on any atom is -0.311 e. The van der Waals surface area contributed by atoms with Crippen molar-refractivity contribution in [2.24, 2.45) is 0 Å². The Bertz CT molecular complexity index is 1100. The molecular formula is C23H18N2O2. The molecule has 0 radical (unpaired) electrons. The van der Waals surface area contributed by atoms with E-state index in [2.05, 4.69) is 18.2 Å². The summed E-state index contributed by atoms with van der Waals surface area (Å²) in [7, 11) is 0. The van der Waals surface area contributed by atoms with Crippen LogP contribution in [-0.4, -0.2) is 17.9 Å². The van der Waals surface area contributed by atoms with E-state index in [-0.39, 0.29) is 11.7 Å². The summed E-state index contributed by atoms with van der Waals surface area (Å²) in [6.07, 6.45) is -0.689. The maximum absolute atomic E-state index is 13.4. The summed E-state index contributed by atoms with van der Waals surface area (Å²) in [5.41, 5.74) is 5.78. The molecule has 4 heteroatoms. The van der Waals surface area contributed by atoms with E-state index in [4.69, 9.17) is 0 Å². The Balaban J connectivity index is 1.78. The maximum atomic E-state index is 13.4. The Morgan fingerprint density at radius 1 is 0.704 bits per heavy atom. The zero-order valence-corrected chi connectivity index (χ0v) is 15.1. The summed E-state index contributed by atoms with van der Waals surface area (Å²) in [6, 6.07) is 21.0. The average molecular weight is 354 g/mol. The number of hydrogen-bond donors (Lipinski definition) is 0. The van der Waals surface area contributed by atoms with E-state index >= 15 is 0 Å². The van der Waals surface area contributed by atoms with E-state index in [9.17, 15) is 9.59 Å². The molecule has 0 spiro atoms. The maximum Gasteiger partial charge on any atom is 0.261 e. The number of Topliss-reactive ketones (excluding diaryl/α,β-unsaturated/α-hetero) is 1. The lowest BCUT2D eigenvalue weighted by molar-refractivity contribution is 0.0877. The van der Waals surface area contributed by atoms with Crippen molar-refractivity contribution in [2.45, 2.75) is 20.0 Å². The highest BCUT2D eigenvalue weighted by atomic mass is 16.2. The van der Waals surface area contributed by atoms with Crippen LogP contribution in [0.4, 0.5) is 17.1 Å². The largest absolute Gasteiger partial charge is 0.311 e. The highest BCUT2D eigenvalue weighted by Crippen LogP contribution is 2.47. The molecule has 0 saturated carbocycles. The highest BCUT2D eigenvalue weighted by Gasteiger charge is 2.49. The first-order valence-electron chi connectivity index (χ1n) is 8.99. The number of carbonyl (C=O) groups excluding carboxylic acids is 2. The summed E-state index contributed by atoms with van der Waals surface area (Å²) >= 11 is 0. The van der Waals surface area contributed by atoms with E-state index in [1.165, 1.54) is 0 Å². The first-order valence-corrected chi connectivity index (χ1v) is 8.99. The van der Waals surface area contributed by atoms with Gasteiger partial charge >= 0.3 is 0 Å². The number of carbonyl (C=O) groups is 2. The Morgan fingerprint density at radius 3 is 1.93 bits per heavy atom. The molecule has 3 aromatic rings. The van der Waals surface area contributed by atoms with Crippen molar-refractivity contribution < 1.29 is 9.59 Å². The first-order chi connectivity index (χ1) is 13.1. The predicted molar refractivity (Wildman–Crippen MR) is 106 cm³/mol. The van der Waals surface area contributed by atoms with Crippen molar-refractivity contribution in [3.63, 3.8) is 0 Å². The van der Waals surface area contributed by atoms with Gasteiger partial charge in [0.05, 0.1) is 16.9 Å². The van der Waals surface area contributed by atoms with Gasteiger partial charge in [-0.15, -0.1) is 0 Å². The number of fused-ring (bicyclic) bond motifs is 4. The number of nitrogens with zero attached hydrogens (tertiary/aromatic N) is 2. The molecule has 4 nitrogen and oxygen atoms in total. The minimum absolute atomic E-state index is 0.0550. The number of rotatable bonds is 1. The van der Waals surface area contributed by atoms with E-state index in [1.54, 1.807) is 23.1 Å². The fraction of sp³-hybridized carbons (Fsp3) is 0.130. The zero-order valence-electron chi connectivity index (χ0n) is 15.1. The average Bonchev–Trinajstić information content (AvgIpc) is 3.01. The summed E-state index contributed by atoms with van der Waals surface area (Å²) in [4.78, 5) is 30.3. The lowest BCUT2D eigenvalue weighted by Gasteiger charge is -2.34. The van der Waals surface area contributed by atoms with E-state index < -0.39 is 6.17 Å². The smallest absolute Gasteiger partial charge is 0.261 e. The molecule has 27 heavy (non-hydrogen) atoms. The van der Waals surface area contributed by atoms with Crippen molar-refractivity contribution in [2.75, 3.05) is 9.80 Å². The molecule has 2 aliphatic heterocycles. The quantitative estimate of drug-likeness (QED) is 0.640. The van der Waals surface area contributed by atoms with E-state index in [0.717, 1.165) is 28.2 Å². The van der Waals surface area contributed by atoms with Crippen molar-refractivity contribution in [1.82, 2.24) is 0 Å². The van der Waals surface area contributed by atoms with Crippen LogP contribution in [0.15, 0.2) is 66.7 Å². The Hall–Kier alpha value is -3.40. The van der Waals surface area contributed by atoms with E-state index in [1.807, 2.05) is 49.1 Å². The van der Waals surface area contributed by atoms with Gasteiger partial charge in [-0.3, -0.25) is 14.5 Å². The van der Waals surface area contributed by atoms with Gasteiger partial charge in [0.1, 0.15) is 0 Å². The fourth-order valence-electron chi connectivity index (χ4n) is 4.23. The van der Waals surface area contributed by atoms with Gasteiger partial charge in [-0.25, -0.2) is 0 Å². The number of ketones is 1. The molecule has 0 aromatic heterocycles. The number of anilines is 3. The molecule has 2 aliphatic rings. The molecule has 0 N–H and O–H groups in total. The third-order valence-electron chi connectivity index (χ3n) is 5.25. The highest BCUT2D eigenvalue weighted by molar-refractivity contribution is 6.26. The second kappa shape index (κ2) is 5.55. The van der Waals surface area contributed by atoms with Crippen LogP contribution in [0.25, 0.3) is 0 Å². The zero-order chi connectivity index (χ0) is 18.7. The number of hydrogen-bond acceptors (Lipinski definition) is 3. The fourth-order valence-corrected chi connectivity index (χ4v) is 4.23. The van der Waals surface area contributed by atoms with Crippen molar-refractivity contribution in [1.29, 1.82) is 0 Å². The number of aryl methyl sites for hydroxylation is 2. The van der Waals surface area contributed by atoms with Gasteiger partial charge in [0.2, 0.25) is 5.78 Å². The molecule has 0 saturated heterocycles. The SMILES string of the molecule is Cc1cc(C)cc(N2c3ccccc3N3C(=O)c4ccccc4C(=O)C32)c1. The summed E-state index contributed by atoms with van der Waals surface area (Å²) in [5, 5.41) is 0. The van der Waals surface area contributed by atoms with E-state index in [0.29, 0.717) is 11.1 Å². The number of para-hydroxylation sites is 2. The molecule has 0 bridgehead atoms. The molecule has 1 amide bonds. The van der Waals surface area contributed by atoms with Crippen molar-refractivity contribution in [3.05, 3.63) is 89.0 Å². The van der Waals surface area contributed by atoms with Crippen molar-refractivity contribution in [3.8, 4) is 0 Å². The monoisotopic (exact) mass is 354 g/mol. The van der Waals surface area contributed by atoms with Gasteiger partial charge in [-0.2, -0.15) is 0 Å². The first kappa shape index (κ1) is 15.8. The van der Waals surface area contributed by atoms with Crippen molar-refractivity contribution >= 4 is 28.8 Å². The third kappa shape index (κ3) is 2.16. The van der Waals surface area contributed by atoms with Crippen LogP contribution in [-0.2, 0) is 0 Å².